The second-order valence-corrected chi connectivity index (χ2v) is 5.40. The van der Waals surface area contributed by atoms with Crippen LogP contribution in [0.1, 0.15) is 26.2 Å². The number of nitrogens with one attached hydrogen (secondary N) is 1. The zero-order valence-electron chi connectivity index (χ0n) is 11.9. The predicted octanol–water partition coefficient (Wildman–Crippen LogP) is 3.65. The molecule has 0 spiro atoms. The predicted molar refractivity (Wildman–Crippen MR) is 89.8 cm³/mol. The molecular weight excluding hydrogens is 369 g/mol. The maximum atomic E-state index is 11.7. The lowest BCUT2D eigenvalue weighted by atomic mass is 10.3. The van der Waals surface area contributed by atoms with E-state index < -0.39 is 0 Å². The highest BCUT2D eigenvalue weighted by atomic mass is 127. The molecule has 0 fully saturated rings. The number of unbranched alkanes of at least 4 members (excludes halogenated alkanes) is 1. The summed E-state index contributed by atoms with van der Waals surface area (Å²) in [5.41, 5.74) is 0.783. The van der Waals surface area contributed by atoms with Gasteiger partial charge in [0.05, 0.1) is 19.6 Å². The fourth-order valence-electron chi connectivity index (χ4n) is 1.53. The Labute approximate surface area is 134 Å². The van der Waals surface area contributed by atoms with Crippen LogP contribution < -0.4 is 10.1 Å². The number of hydrogen-bond donors (Lipinski definition) is 1. The average molecular weight is 391 g/mol. The van der Waals surface area contributed by atoms with Gasteiger partial charge >= 0.3 is 0 Å². The summed E-state index contributed by atoms with van der Waals surface area (Å²) in [6, 6.07) is 7.41. The van der Waals surface area contributed by atoms with Crippen molar-refractivity contribution in [3.8, 4) is 5.75 Å². The highest BCUT2D eigenvalue weighted by molar-refractivity contribution is 14.1. The van der Waals surface area contributed by atoms with E-state index in [4.69, 9.17) is 9.47 Å². The lowest BCUT2D eigenvalue weighted by Gasteiger charge is -2.08. The van der Waals surface area contributed by atoms with Gasteiger partial charge in [-0.05, 0) is 30.7 Å². The van der Waals surface area contributed by atoms with Crippen LogP contribution in [0, 0.1) is 0 Å². The topological polar surface area (TPSA) is 47.6 Å². The molecule has 20 heavy (non-hydrogen) atoms. The standard InChI is InChI=1S/C15H22INO3/c1-2-3-10-19-11-8-15(18)17-13-4-6-14(7-5-13)20-12-9-16/h4-7H,2-3,8-12H2,1H3,(H,17,18). The monoisotopic (exact) mass is 391 g/mol. The van der Waals surface area contributed by atoms with Gasteiger partial charge in [0.15, 0.2) is 0 Å². The lowest BCUT2D eigenvalue weighted by Crippen LogP contribution is -2.14. The first-order valence-corrected chi connectivity index (χ1v) is 8.45. The van der Waals surface area contributed by atoms with Crippen molar-refractivity contribution in [1.82, 2.24) is 0 Å². The Balaban J connectivity index is 2.24. The molecule has 112 valence electrons. The molecule has 1 N–H and O–H groups in total. The van der Waals surface area contributed by atoms with Crippen LogP contribution in [-0.4, -0.2) is 30.2 Å². The molecule has 0 bridgehead atoms. The van der Waals surface area contributed by atoms with Crippen molar-refractivity contribution in [3.63, 3.8) is 0 Å². The van der Waals surface area contributed by atoms with E-state index in [1.807, 2.05) is 24.3 Å². The van der Waals surface area contributed by atoms with Crippen LogP contribution >= 0.6 is 22.6 Å². The van der Waals surface area contributed by atoms with Gasteiger partial charge in [-0.1, -0.05) is 35.9 Å². The van der Waals surface area contributed by atoms with Crippen molar-refractivity contribution in [2.24, 2.45) is 0 Å². The fraction of sp³-hybridized carbons (Fsp3) is 0.533. The molecule has 0 unspecified atom stereocenters. The maximum Gasteiger partial charge on any atom is 0.226 e. The summed E-state index contributed by atoms with van der Waals surface area (Å²) in [4.78, 5) is 11.7. The van der Waals surface area contributed by atoms with Gasteiger partial charge in [-0.15, -0.1) is 0 Å². The van der Waals surface area contributed by atoms with E-state index in [-0.39, 0.29) is 5.91 Å². The second-order valence-electron chi connectivity index (χ2n) is 4.33. The summed E-state index contributed by atoms with van der Waals surface area (Å²) >= 11 is 2.26. The Morgan fingerprint density at radius 3 is 2.60 bits per heavy atom. The minimum absolute atomic E-state index is 0.0255. The first-order chi connectivity index (χ1) is 9.76. The van der Waals surface area contributed by atoms with Gasteiger partial charge in [-0.2, -0.15) is 0 Å². The van der Waals surface area contributed by atoms with Crippen LogP contribution in [0.3, 0.4) is 0 Å². The fourth-order valence-corrected chi connectivity index (χ4v) is 1.75. The smallest absolute Gasteiger partial charge is 0.226 e. The molecule has 0 aliphatic carbocycles. The zero-order valence-corrected chi connectivity index (χ0v) is 14.0. The van der Waals surface area contributed by atoms with Crippen molar-refractivity contribution >= 4 is 34.2 Å². The van der Waals surface area contributed by atoms with E-state index in [0.717, 1.165) is 35.3 Å². The number of carbonyl (C=O) groups excluding carboxylic acids is 1. The highest BCUT2D eigenvalue weighted by Gasteiger charge is 2.02. The molecular formula is C15H22INO3. The molecule has 0 radical (unpaired) electrons. The molecule has 1 aromatic rings. The number of benzene rings is 1. The quantitative estimate of drug-likeness (QED) is 0.376. The normalized spacial score (nSPS) is 10.3. The summed E-state index contributed by atoms with van der Waals surface area (Å²) in [5.74, 6) is 0.796. The molecule has 0 aliphatic heterocycles. The van der Waals surface area contributed by atoms with Crippen LogP contribution in [0.4, 0.5) is 5.69 Å². The second kappa shape index (κ2) is 10.9. The maximum absolute atomic E-state index is 11.7. The Morgan fingerprint density at radius 2 is 1.95 bits per heavy atom. The number of rotatable bonds is 10. The van der Waals surface area contributed by atoms with Crippen molar-refractivity contribution in [1.29, 1.82) is 0 Å². The lowest BCUT2D eigenvalue weighted by molar-refractivity contribution is -0.117. The highest BCUT2D eigenvalue weighted by Crippen LogP contribution is 2.15. The SMILES string of the molecule is CCCCOCCC(=O)Nc1ccc(OCCI)cc1. The molecule has 1 rings (SSSR count). The minimum Gasteiger partial charge on any atom is -0.493 e. The third-order valence-corrected chi connectivity index (χ3v) is 3.04. The van der Waals surface area contributed by atoms with E-state index in [0.29, 0.717) is 19.6 Å². The largest absolute Gasteiger partial charge is 0.493 e. The van der Waals surface area contributed by atoms with E-state index in [9.17, 15) is 4.79 Å². The van der Waals surface area contributed by atoms with Crippen molar-refractivity contribution < 1.29 is 14.3 Å². The number of ether oxygens (including phenoxy) is 2. The van der Waals surface area contributed by atoms with Gasteiger partial charge in [-0.25, -0.2) is 0 Å². The Bertz CT molecular complexity index is 381. The summed E-state index contributed by atoms with van der Waals surface area (Å²) in [6.07, 6.45) is 2.54. The molecule has 0 saturated carbocycles. The van der Waals surface area contributed by atoms with E-state index in [1.165, 1.54) is 0 Å². The molecule has 0 saturated heterocycles. The third kappa shape index (κ3) is 7.69. The zero-order chi connectivity index (χ0) is 14.6. The number of halogens is 1. The Kier molecular flexibility index (Phi) is 9.40. The molecule has 1 aromatic carbocycles. The molecule has 0 atom stereocenters. The average Bonchev–Trinajstić information content (AvgIpc) is 2.46. The number of amides is 1. The van der Waals surface area contributed by atoms with Crippen LogP contribution in [-0.2, 0) is 9.53 Å². The van der Waals surface area contributed by atoms with Crippen LogP contribution in [0.5, 0.6) is 5.75 Å². The van der Waals surface area contributed by atoms with Gasteiger partial charge in [0, 0.05) is 16.7 Å². The van der Waals surface area contributed by atoms with Gasteiger partial charge in [0.2, 0.25) is 5.91 Å². The van der Waals surface area contributed by atoms with Crippen LogP contribution in [0.15, 0.2) is 24.3 Å². The molecule has 0 aliphatic rings. The summed E-state index contributed by atoms with van der Waals surface area (Å²) in [6.45, 7) is 4.01. The molecule has 0 aromatic heterocycles. The van der Waals surface area contributed by atoms with Gasteiger partial charge in [-0.3, -0.25) is 4.79 Å². The van der Waals surface area contributed by atoms with Gasteiger partial charge in [0.1, 0.15) is 5.75 Å². The van der Waals surface area contributed by atoms with Crippen molar-refractivity contribution in [3.05, 3.63) is 24.3 Å². The van der Waals surface area contributed by atoms with Crippen LogP contribution in [0.25, 0.3) is 0 Å². The Morgan fingerprint density at radius 1 is 1.20 bits per heavy atom. The number of hydrogen-bond acceptors (Lipinski definition) is 3. The van der Waals surface area contributed by atoms with E-state index in [2.05, 4.69) is 34.8 Å². The van der Waals surface area contributed by atoms with Crippen LogP contribution in [0.2, 0.25) is 0 Å². The molecule has 1 amide bonds. The first kappa shape index (κ1) is 17.2. The Hall–Kier alpha value is -0.820. The summed E-state index contributed by atoms with van der Waals surface area (Å²) < 4.78 is 11.8. The van der Waals surface area contributed by atoms with E-state index in [1.54, 1.807) is 0 Å². The molecule has 5 heteroatoms. The number of anilines is 1. The first-order valence-electron chi connectivity index (χ1n) is 6.92. The molecule has 0 heterocycles. The molecule has 4 nitrogen and oxygen atoms in total. The van der Waals surface area contributed by atoms with Gasteiger partial charge in [0.25, 0.3) is 0 Å². The van der Waals surface area contributed by atoms with E-state index >= 15 is 0 Å². The summed E-state index contributed by atoms with van der Waals surface area (Å²) in [5, 5.41) is 2.84. The van der Waals surface area contributed by atoms with Crippen molar-refractivity contribution in [2.45, 2.75) is 26.2 Å². The minimum atomic E-state index is -0.0255. The number of alkyl halides is 1. The summed E-state index contributed by atoms with van der Waals surface area (Å²) in [7, 11) is 0. The van der Waals surface area contributed by atoms with Gasteiger partial charge < -0.3 is 14.8 Å². The number of carbonyl (C=O) groups is 1. The third-order valence-electron chi connectivity index (χ3n) is 2.60. The van der Waals surface area contributed by atoms with Crippen molar-refractivity contribution in [2.75, 3.05) is 29.6 Å².